The largest absolute Gasteiger partial charge is 0.370 e. The van der Waals surface area contributed by atoms with Crippen LogP contribution in [0.4, 0.5) is 0 Å². The standard InChI is InChI=1S/C24H25N3O4/c28-22(16-25-11-13-31-14-12-25)26-10-9-17-5-1-2-6-18(17)21(26)15-27-23(29)19-7-3-4-8-20(19)24(27)30/h1-8,21H,9-16H2/p+1/t21-/m1/s1. The van der Waals surface area contributed by atoms with Gasteiger partial charge in [0.15, 0.2) is 6.54 Å². The number of nitrogens with one attached hydrogen (secondary N) is 1. The van der Waals surface area contributed by atoms with Crippen LogP contribution in [0.1, 0.15) is 37.9 Å². The smallest absolute Gasteiger partial charge is 0.278 e. The van der Waals surface area contributed by atoms with Gasteiger partial charge in [0.1, 0.15) is 13.1 Å². The van der Waals surface area contributed by atoms with Gasteiger partial charge in [-0.05, 0) is 29.7 Å². The van der Waals surface area contributed by atoms with E-state index in [0.717, 1.165) is 25.1 Å². The Hall–Kier alpha value is -3.03. The number of fused-ring (bicyclic) bond motifs is 2. The fourth-order valence-corrected chi connectivity index (χ4v) is 4.88. The number of benzene rings is 2. The quantitative estimate of drug-likeness (QED) is 0.724. The van der Waals surface area contributed by atoms with Crippen molar-refractivity contribution in [3.8, 4) is 0 Å². The summed E-state index contributed by atoms with van der Waals surface area (Å²) in [7, 11) is 0. The van der Waals surface area contributed by atoms with Crippen LogP contribution in [0, 0.1) is 0 Å². The molecule has 1 saturated heterocycles. The van der Waals surface area contributed by atoms with E-state index in [1.165, 1.54) is 15.4 Å². The normalized spacial score (nSPS) is 21.2. The topological polar surface area (TPSA) is 71.4 Å². The first-order valence-electron chi connectivity index (χ1n) is 10.9. The number of carbonyl (C=O) groups is 3. The summed E-state index contributed by atoms with van der Waals surface area (Å²) in [4.78, 5) is 43.6. The SMILES string of the molecule is O=C1c2ccccc2C(=O)N1C[C@@H]1c2ccccc2CCN1C(=O)C[NH+]1CCOCC1. The highest BCUT2D eigenvalue weighted by atomic mass is 16.5. The fraction of sp³-hybridized carbons (Fsp3) is 0.375. The van der Waals surface area contributed by atoms with Crippen molar-refractivity contribution in [1.82, 2.24) is 9.80 Å². The molecule has 3 aliphatic rings. The molecule has 5 rings (SSSR count). The van der Waals surface area contributed by atoms with Crippen LogP contribution in [0.5, 0.6) is 0 Å². The molecule has 1 N–H and O–H groups in total. The van der Waals surface area contributed by atoms with E-state index in [1.807, 2.05) is 23.1 Å². The van der Waals surface area contributed by atoms with Gasteiger partial charge in [-0.25, -0.2) is 0 Å². The molecule has 1 atom stereocenters. The third kappa shape index (κ3) is 3.64. The van der Waals surface area contributed by atoms with Crippen molar-refractivity contribution in [2.45, 2.75) is 12.5 Å². The van der Waals surface area contributed by atoms with E-state index in [2.05, 4.69) is 6.07 Å². The molecule has 0 aromatic heterocycles. The zero-order valence-corrected chi connectivity index (χ0v) is 17.4. The number of hydrogen-bond acceptors (Lipinski definition) is 4. The Labute approximate surface area is 181 Å². The Balaban J connectivity index is 1.42. The van der Waals surface area contributed by atoms with Crippen molar-refractivity contribution in [2.24, 2.45) is 0 Å². The number of imide groups is 1. The molecular weight excluding hydrogens is 394 g/mol. The van der Waals surface area contributed by atoms with Gasteiger partial charge in [0, 0.05) is 6.54 Å². The maximum absolute atomic E-state index is 13.3. The molecule has 2 aromatic rings. The number of rotatable bonds is 4. The molecule has 3 aliphatic heterocycles. The molecule has 0 saturated carbocycles. The first-order chi connectivity index (χ1) is 15.1. The van der Waals surface area contributed by atoms with E-state index in [4.69, 9.17) is 4.74 Å². The Kier molecular flexibility index (Phi) is 5.29. The molecule has 2 aromatic carbocycles. The van der Waals surface area contributed by atoms with E-state index >= 15 is 0 Å². The van der Waals surface area contributed by atoms with Crippen LogP contribution in [0.15, 0.2) is 48.5 Å². The summed E-state index contributed by atoms with van der Waals surface area (Å²) in [6.45, 7) is 4.15. The van der Waals surface area contributed by atoms with Crippen molar-refractivity contribution < 1.29 is 24.0 Å². The number of ether oxygens (including phenoxy) is 1. The Morgan fingerprint density at radius 1 is 0.968 bits per heavy atom. The third-order valence-electron chi connectivity index (χ3n) is 6.57. The second kappa shape index (κ2) is 8.24. The molecule has 3 heterocycles. The number of nitrogens with zero attached hydrogens (tertiary/aromatic N) is 2. The summed E-state index contributed by atoms with van der Waals surface area (Å²) in [6.07, 6.45) is 0.777. The van der Waals surface area contributed by atoms with Crippen LogP contribution < -0.4 is 4.90 Å². The fourth-order valence-electron chi connectivity index (χ4n) is 4.88. The van der Waals surface area contributed by atoms with E-state index in [9.17, 15) is 14.4 Å². The van der Waals surface area contributed by atoms with Gasteiger partial charge in [-0.3, -0.25) is 19.3 Å². The van der Waals surface area contributed by atoms with Gasteiger partial charge in [-0.15, -0.1) is 0 Å². The average molecular weight is 420 g/mol. The monoisotopic (exact) mass is 420 g/mol. The molecule has 3 amide bonds. The predicted octanol–water partition coefficient (Wildman–Crippen LogP) is 0.324. The molecule has 0 bridgehead atoms. The summed E-state index contributed by atoms with van der Waals surface area (Å²) in [6, 6.07) is 14.6. The molecule has 31 heavy (non-hydrogen) atoms. The van der Waals surface area contributed by atoms with Crippen molar-refractivity contribution in [2.75, 3.05) is 45.9 Å². The van der Waals surface area contributed by atoms with Crippen LogP contribution >= 0.6 is 0 Å². The van der Waals surface area contributed by atoms with Gasteiger partial charge in [0.2, 0.25) is 0 Å². The highest BCUT2D eigenvalue weighted by molar-refractivity contribution is 6.21. The van der Waals surface area contributed by atoms with Crippen LogP contribution in [0.3, 0.4) is 0 Å². The maximum atomic E-state index is 13.3. The molecule has 160 valence electrons. The summed E-state index contributed by atoms with van der Waals surface area (Å²) in [5, 5.41) is 0. The number of amides is 3. The van der Waals surface area contributed by atoms with E-state index in [0.29, 0.717) is 37.4 Å². The number of carbonyl (C=O) groups excluding carboxylic acids is 3. The Morgan fingerprint density at radius 3 is 2.32 bits per heavy atom. The van der Waals surface area contributed by atoms with Gasteiger partial charge < -0.3 is 14.5 Å². The van der Waals surface area contributed by atoms with Gasteiger partial charge in [-0.2, -0.15) is 0 Å². The molecule has 0 aliphatic carbocycles. The minimum Gasteiger partial charge on any atom is -0.370 e. The maximum Gasteiger partial charge on any atom is 0.278 e. The first kappa shape index (κ1) is 19.9. The predicted molar refractivity (Wildman–Crippen MR) is 113 cm³/mol. The van der Waals surface area contributed by atoms with Crippen LogP contribution in [-0.2, 0) is 16.0 Å². The second-order valence-corrected chi connectivity index (χ2v) is 8.36. The van der Waals surface area contributed by atoms with Gasteiger partial charge in [0.25, 0.3) is 17.7 Å². The van der Waals surface area contributed by atoms with Crippen LogP contribution in [0.25, 0.3) is 0 Å². The molecule has 0 unspecified atom stereocenters. The van der Waals surface area contributed by atoms with Gasteiger partial charge in [-0.1, -0.05) is 36.4 Å². The lowest BCUT2D eigenvalue weighted by atomic mass is 9.92. The molecular formula is C24H26N3O4+. The van der Waals surface area contributed by atoms with Crippen molar-refractivity contribution in [3.63, 3.8) is 0 Å². The lowest BCUT2D eigenvalue weighted by molar-refractivity contribution is -0.900. The minimum absolute atomic E-state index is 0.0630. The zero-order valence-electron chi connectivity index (χ0n) is 17.4. The van der Waals surface area contributed by atoms with Crippen molar-refractivity contribution in [1.29, 1.82) is 0 Å². The van der Waals surface area contributed by atoms with Gasteiger partial charge >= 0.3 is 0 Å². The lowest BCUT2D eigenvalue weighted by Crippen LogP contribution is -3.15. The summed E-state index contributed by atoms with van der Waals surface area (Å²) in [5.74, 6) is -0.502. The number of hydrogen-bond donors (Lipinski definition) is 1. The van der Waals surface area contributed by atoms with E-state index in [1.54, 1.807) is 24.3 Å². The summed E-state index contributed by atoms with van der Waals surface area (Å²) in [5.41, 5.74) is 3.07. The van der Waals surface area contributed by atoms with Crippen molar-refractivity contribution >= 4 is 17.7 Å². The van der Waals surface area contributed by atoms with E-state index < -0.39 is 0 Å². The lowest BCUT2D eigenvalue weighted by Gasteiger charge is -2.39. The van der Waals surface area contributed by atoms with Crippen LogP contribution in [-0.4, -0.2) is 73.5 Å². The number of morpholine rings is 1. The number of quaternary nitrogens is 1. The molecule has 7 heteroatoms. The van der Waals surface area contributed by atoms with Gasteiger partial charge in [0.05, 0.1) is 36.9 Å². The first-order valence-corrected chi connectivity index (χ1v) is 10.9. The highest BCUT2D eigenvalue weighted by Crippen LogP contribution is 2.33. The average Bonchev–Trinajstić information content (AvgIpc) is 3.05. The molecule has 0 spiro atoms. The van der Waals surface area contributed by atoms with Crippen molar-refractivity contribution in [3.05, 3.63) is 70.8 Å². The molecule has 0 radical (unpaired) electrons. The minimum atomic E-state index is -0.333. The van der Waals surface area contributed by atoms with E-state index in [-0.39, 0.29) is 30.3 Å². The highest BCUT2D eigenvalue weighted by Gasteiger charge is 2.40. The second-order valence-electron chi connectivity index (χ2n) is 8.36. The summed E-state index contributed by atoms with van der Waals surface area (Å²) >= 11 is 0. The zero-order chi connectivity index (χ0) is 21.4. The van der Waals surface area contributed by atoms with Crippen LogP contribution in [0.2, 0.25) is 0 Å². The summed E-state index contributed by atoms with van der Waals surface area (Å²) < 4.78 is 5.41. The Bertz CT molecular complexity index is 996. The molecule has 1 fully saturated rings. The third-order valence-corrected chi connectivity index (χ3v) is 6.57. The Morgan fingerprint density at radius 2 is 1.61 bits per heavy atom. The molecule has 7 nitrogen and oxygen atoms in total.